The minimum atomic E-state index is -0.444. The third-order valence-electron chi connectivity index (χ3n) is 5.33. The number of ether oxygens (including phenoxy) is 2. The van der Waals surface area contributed by atoms with Gasteiger partial charge in [-0.05, 0) is 37.5 Å². The van der Waals surface area contributed by atoms with E-state index in [4.69, 9.17) is 14.6 Å². The lowest BCUT2D eigenvalue weighted by atomic mass is 9.96. The first-order valence-electron chi connectivity index (χ1n) is 11.7. The topological polar surface area (TPSA) is 78.3 Å². The van der Waals surface area contributed by atoms with Crippen LogP contribution < -0.4 is 10.1 Å². The zero-order chi connectivity index (χ0) is 23.6. The van der Waals surface area contributed by atoms with Gasteiger partial charge in [0, 0.05) is 11.4 Å². The Morgan fingerprint density at radius 3 is 2.67 bits per heavy atom. The van der Waals surface area contributed by atoms with Crippen LogP contribution in [0.1, 0.15) is 64.5 Å². The summed E-state index contributed by atoms with van der Waals surface area (Å²) in [4.78, 5) is 17.6. The number of fused-ring (bicyclic) bond motifs is 1. The van der Waals surface area contributed by atoms with E-state index in [0.717, 1.165) is 49.2 Å². The van der Waals surface area contributed by atoms with Crippen LogP contribution >= 0.6 is 11.8 Å². The van der Waals surface area contributed by atoms with E-state index >= 15 is 0 Å². The lowest BCUT2D eigenvalue weighted by Gasteiger charge is -2.28. The van der Waals surface area contributed by atoms with Crippen molar-refractivity contribution in [3.05, 3.63) is 53.8 Å². The molecule has 3 rings (SSSR count). The summed E-state index contributed by atoms with van der Waals surface area (Å²) in [5, 5.41) is 8.66. The summed E-state index contributed by atoms with van der Waals surface area (Å²) < 4.78 is 13.1. The molecule has 1 atom stereocenters. The van der Waals surface area contributed by atoms with Crippen LogP contribution in [0.15, 0.2) is 53.3 Å². The second kappa shape index (κ2) is 12.5. The van der Waals surface area contributed by atoms with Gasteiger partial charge < -0.3 is 14.8 Å². The number of rotatable bonds is 13. The summed E-state index contributed by atoms with van der Waals surface area (Å²) in [6.07, 6.45) is 7.13. The van der Waals surface area contributed by atoms with Crippen LogP contribution in [0.25, 0.3) is 0 Å². The van der Waals surface area contributed by atoms with Gasteiger partial charge in [-0.1, -0.05) is 69.7 Å². The molecule has 8 heteroatoms. The Hall–Kier alpha value is -2.74. The highest BCUT2D eigenvalue weighted by atomic mass is 32.2. The predicted molar refractivity (Wildman–Crippen MR) is 133 cm³/mol. The quantitative estimate of drug-likeness (QED) is 0.173. The fourth-order valence-corrected chi connectivity index (χ4v) is 4.49. The summed E-state index contributed by atoms with van der Waals surface area (Å²) in [5.41, 5.74) is 2.13. The average Bonchev–Trinajstić information content (AvgIpc) is 3.22. The summed E-state index contributed by atoms with van der Waals surface area (Å²) >= 11 is 1.62. The van der Waals surface area contributed by atoms with Crippen molar-refractivity contribution in [1.82, 2.24) is 14.8 Å². The number of carbonyl (C=O) groups excluding carboxylic acids is 1. The molecule has 0 fully saturated rings. The fourth-order valence-electron chi connectivity index (χ4n) is 3.57. The zero-order valence-electron chi connectivity index (χ0n) is 19.8. The molecule has 33 heavy (non-hydrogen) atoms. The predicted octanol–water partition coefficient (Wildman–Crippen LogP) is 5.76. The maximum absolute atomic E-state index is 13.0. The third kappa shape index (κ3) is 6.41. The average molecular weight is 471 g/mol. The number of nitrogens with one attached hydrogen (secondary N) is 1. The number of allylic oxidation sites excluding steroid dienone is 1. The molecule has 0 spiro atoms. The monoisotopic (exact) mass is 470 g/mol. The Morgan fingerprint density at radius 2 is 1.97 bits per heavy atom. The Kier molecular flexibility index (Phi) is 9.42. The van der Waals surface area contributed by atoms with E-state index in [1.165, 1.54) is 0 Å². The lowest BCUT2D eigenvalue weighted by Crippen LogP contribution is -2.29. The van der Waals surface area contributed by atoms with Gasteiger partial charge >= 0.3 is 5.97 Å². The number of unbranched alkanes of at least 4 members (excludes halogenated alkanes) is 3. The second-order valence-corrected chi connectivity index (χ2v) is 9.00. The number of nitrogens with zero attached hydrogens (tertiary/aromatic N) is 3. The Labute approximate surface area is 200 Å². The highest BCUT2D eigenvalue weighted by Crippen LogP contribution is 2.37. The standard InChI is InChI=1S/C25H34N4O3S/c1-5-8-10-16-31-20-13-11-19(12-14-20)22-21(23(30)32-15-7-3)18(4)26-24-27-25(28-29(22)24)33-17-9-6-2/h7,11-14,22H,3,5-6,8-10,15-17H2,1-2,4H3,(H,26,27,28). The molecule has 2 heterocycles. The minimum Gasteiger partial charge on any atom is -0.494 e. The van der Waals surface area contributed by atoms with E-state index in [2.05, 4.69) is 30.7 Å². The van der Waals surface area contributed by atoms with E-state index in [9.17, 15) is 4.79 Å². The first-order valence-corrected chi connectivity index (χ1v) is 12.7. The first-order chi connectivity index (χ1) is 16.1. The molecule has 1 aromatic carbocycles. The van der Waals surface area contributed by atoms with Crippen LogP contribution in [0.2, 0.25) is 0 Å². The summed E-state index contributed by atoms with van der Waals surface area (Å²) in [7, 11) is 0. The van der Waals surface area contributed by atoms with Crippen molar-refractivity contribution in [2.24, 2.45) is 0 Å². The molecule has 0 saturated heterocycles. The van der Waals surface area contributed by atoms with Crippen LogP contribution in [-0.2, 0) is 9.53 Å². The number of anilines is 1. The van der Waals surface area contributed by atoms with Crippen molar-refractivity contribution in [3.63, 3.8) is 0 Å². The SMILES string of the molecule is C=CCOC(=O)C1=C(C)Nc2nc(SCCCC)nn2C1c1ccc(OCCCCC)cc1. The van der Waals surface area contributed by atoms with Crippen molar-refractivity contribution in [3.8, 4) is 5.75 Å². The molecule has 178 valence electrons. The van der Waals surface area contributed by atoms with E-state index in [-0.39, 0.29) is 6.61 Å². The third-order valence-corrected chi connectivity index (χ3v) is 6.25. The molecule has 1 aliphatic rings. The number of thioether (sulfide) groups is 1. The maximum Gasteiger partial charge on any atom is 0.338 e. The fraction of sp³-hybridized carbons (Fsp3) is 0.480. The van der Waals surface area contributed by atoms with Gasteiger partial charge in [-0.15, -0.1) is 5.10 Å². The lowest BCUT2D eigenvalue weighted by molar-refractivity contribution is -0.138. The normalized spacial score (nSPS) is 15.1. The summed E-state index contributed by atoms with van der Waals surface area (Å²) in [6.45, 7) is 10.7. The molecule has 0 aliphatic carbocycles. The number of carbonyl (C=O) groups is 1. The Bertz CT molecular complexity index is 969. The van der Waals surface area contributed by atoms with Crippen molar-refractivity contribution in [1.29, 1.82) is 0 Å². The van der Waals surface area contributed by atoms with Crippen LogP contribution in [0.3, 0.4) is 0 Å². The van der Waals surface area contributed by atoms with Gasteiger partial charge in [-0.25, -0.2) is 9.48 Å². The number of hydrogen-bond acceptors (Lipinski definition) is 7. The first kappa shape index (κ1) is 24.9. The molecule has 7 nitrogen and oxygen atoms in total. The maximum atomic E-state index is 13.0. The molecular weight excluding hydrogens is 436 g/mol. The van der Waals surface area contributed by atoms with Gasteiger partial charge in [0.15, 0.2) is 0 Å². The van der Waals surface area contributed by atoms with Gasteiger partial charge in [0.1, 0.15) is 18.4 Å². The van der Waals surface area contributed by atoms with Crippen molar-refractivity contribution in [2.75, 3.05) is 24.3 Å². The van der Waals surface area contributed by atoms with E-state index < -0.39 is 12.0 Å². The molecule has 0 bridgehead atoms. The number of esters is 1. The second-order valence-electron chi connectivity index (χ2n) is 7.94. The summed E-state index contributed by atoms with van der Waals surface area (Å²) in [5.74, 6) is 1.99. The molecule has 0 radical (unpaired) electrons. The zero-order valence-corrected chi connectivity index (χ0v) is 20.6. The van der Waals surface area contributed by atoms with Gasteiger partial charge in [-0.3, -0.25) is 0 Å². The molecular formula is C25H34N4O3S. The van der Waals surface area contributed by atoms with Crippen LogP contribution in [0, 0.1) is 0 Å². The minimum absolute atomic E-state index is 0.148. The van der Waals surface area contributed by atoms with E-state index in [1.54, 1.807) is 22.5 Å². The van der Waals surface area contributed by atoms with Gasteiger partial charge in [-0.2, -0.15) is 4.98 Å². The Balaban J connectivity index is 1.90. The van der Waals surface area contributed by atoms with Crippen LogP contribution in [-0.4, -0.2) is 39.7 Å². The molecule has 1 unspecified atom stereocenters. The molecule has 1 aromatic heterocycles. The Morgan fingerprint density at radius 1 is 1.21 bits per heavy atom. The molecule has 2 aromatic rings. The smallest absolute Gasteiger partial charge is 0.338 e. The molecule has 0 amide bonds. The molecule has 0 saturated carbocycles. The highest BCUT2D eigenvalue weighted by Gasteiger charge is 2.35. The van der Waals surface area contributed by atoms with Crippen molar-refractivity contribution in [2.45, 2.75) is 64.1 Å². The van der Waals surface area contributed by atoms with Gasteiger partial charge in [0.25, 0.3) is 0 Å². The van der Waals surface area contributed by atoms with Gasteiger partial charge in [0.2, 0.25) is 11.1 Å². The van der Waals surface area contributed by atoms with Crippen molar-refractivity contribution >= 4 is 23.7 Å². The van der Waals surface area contributed by atoms with Gasteiger partial charge in [0.05, 0.1) is 12.2 Å². The summed E-state index contributed by atoms with van der Waals surface area (Å²) in [6, 6.07) is 7.40. The van der Waals surface area contributed by atoms with E-state index in [0.29, 0.717) is 29.0 Å². The highest BCUT2D eigenvalue weighted by molar-refractivity contribution is 7.99. The number of benzene rings is 1. The largest absolute Gasteiger partial charge is 0.494 e. The van der Waals surface area contributed by atoms with Crippen LogP contribution in [0.5, 0.6) is 5.75 Å². The molecule has 1 aliphatic heterocycles. The molecule has 1 N–H and O–H groups in total. The van der Waals surface area contributed by atoms with E-state index in [1.807, 2.05) is 31.2 Å². The number of aromatic nitrogens is 3. The number of hydrogen-bond donors (Lipinski definition) is 1. The van der Waals surface area contributed by atoms with Crippen molar-refractivity contribution < 1.29 is 14.3 Å². The van der Waals surface area contributed by atoms with Crippen LogP contribution in [0.4, 0.5) is 5.95 Å².